The minimum atomic E-state index is -4.46. The summed E-state index contributed by atoms with van der Waals surface area (Å²) in [6, 6.07) is 12.1. The van der Waals surface area contributed by atoms with Gasteiger partial charge >= 0.3 is 6.18 Å². The molecule has 2 N–H and O–H groups in total. The van der Waals surface area contributed by atoms with Gasteiger partial charge in [0.2, 0.25) is 0 Å². The molecule has 3 nitrogen and oxygen atoms in total. The molecule has 0 saturated heterocycles. The summed E-state index contributed by atoms with van der Waals surface area (Å²) in [6.45, 7) is 1.08. The third-order valence-corrected chi connectivity index (χ3v) is 3.55. The van der Waals surface area contributed by atoms with Crippen molar-refractivity contribution < 1.29 is 22.9 Å². The first-order valence-corrected chi connectivity index (χ1v) is 7.58. The molecule has 0 atom stereocenters. The van der Waals surface area contributed by atoms with Crippen molar-refractivity contribution in [1.29, 1.82) is 0 Å². The fourth-order valence-electron chi connectivity index (χ4n) is 2.40. The standard InChI is InChI=1S/C18H19F3N2O/c1-23(2)12-15-7-4-3-6-14(15)11-22-17(24)13-8-5-9-16(10-13)18(19,20)21/h3-10H,11-12H2,1-2H3,(H,22,24)/p+1. The van der Waals surface area contributed by atoms with Crippen LogP contribution in [0.5, 0.6) is 0 Å². The average Bonchev–Trinajstić information content (AvgIpc) is 2.52. The summed E-state index contributed by atoms with van der Waals surface area (Å²) in [7, 11) is 4.05. The first-order chi connectivity index (χ1) is 11.3. The lowest BCUT2D eigenvalue weighted by Gasteiger charge is -2.13. The second-order valence-electron chi connectivity index (χ2n) is 5.91. The molecule has 6 heteroatoms. The molecule has 24 heavy (non-hydrogen) atoms. The first kappa shape index (κ1) is 18.0. The van der Waals surface area contributed by atoms with Gasteiger partial charge in [-0.1, -0.05) is 30.3 Å². The van der Waals surface area contributed by atoms with Gasteiger partial charge in [-0.15, -0.1) is 0 Å². The molecule has 2 aromatic carbocycles. The molecule has 0 aliphatic carbocycles. The number of benzene rings is 2. The third kappa shape index (κ3) is 4.83. The smallest absolute Gasteiger partial charge is 0.348 e. The van der Waals surface area contributed by atoms with Crippen molar-refractivity contribution in [3.8, 4) is 0 Å². The molecule has 2 aromatic rings. The van der Waals surface area contributed by atoms with Crippen molar-refractivity contribution in [2.75, 3.05) is 14.1 Å². The molecule has 128 valence electrons. The minimum Gasteiger partial charge on any atom is -0.348 e. The Kier molecular flexibility index (Phi) is 5.62. The van der Waals surface area contributed by atoms with Gasteiger partial charge in [0.15, 0.2) is 0 Å². The zero-order chi connectivity index (χ0) is 17.7. The van der Waals surface area contributed by atoms with E-state index in [0.717, 1.165) is 29.8 Å². The molecular weight excluding hydrogens is 317 g/mol. The van der Waals surface area contributed by atoms with Crippen LogP contribution in [-0.2, 0) is 19.3 Å². The van der Waals surface area contributed by atoms with Crippen molar-refractivity contribution in [1.82, 2.24) is 5.32 Å². The molecule has 0 fully saturated rings. The summed E-state index contributed by atoms with van der Waals surface area (Å²) in [5.41, 5.74) is 1.23. The Morgan fingerprint density at radius 2 is 1.71 bits per heavy atom. The van der Waals surface area contributed by atoms with Gasteiger partial charge in [0.05, 0.1) is 19.7 Å². The highest BCUT2D eigenvalue weighted by atomic mass is 19.4. The van der Waals surface area contributed by atoms with Crippen LogP contribution in [0.15, 0.2) is 48.5 Å². The molecule has 0 spiro atoms. The summed E-state index contributed by atoms with van der Waals surface area (Å²) >= 11 is 0. The quantitative estimate of drug-likeness (QED) is 0.862. The van der Waals surface area contributed by atoms with Crippen LogP contribution in [0.2, 0.25) is 0 Å². The molecule has 0 bridgehead atoms. The lowest BCUT2D eigenvalue weighted by molar-refractivity contribution is -0.872. The number of alkyl halides is 3. The van der Waals surface area contributed by atoms with E-state index in [0.29, 0.717) is 0 Å². The molecule has 0 unspecified atom stereocenters. The zero-order valence-electron chi connectivity index (χ0n) is 13.6. The number of rotatable bonds is 5. The summed E-state index contributed by atoms with van der Waals surface area (Å²) < 4.78 is 38.2. The maximum absolute atomic E-state index is 12.7. The average molecular weight is 337 g/mol. The Morgan fingerprint density at radius 1 is 1.04 bits per heavy atom. The Bertz CT molecular complexity index is 711. The highest BCUT2D eigenvalue weighted by Gasteiger charge is 2.30. The molecule has 0 saturated carbocycles. The monoisotopic (exact) mass is 337 g/mol. The van der Waals surface area contributed by atoms with Gasteiger partial charge in [-0.25, -0.2) is 0 Å². The number of carbonyl (C=O) groups is 1. The van der Waals surface area contributed by atoms with Crippen LogP contribution < -0.4 is 10.2 Å². The molecule has 0 radical (unpaired) electrons. The lowest BCUT2D eigenvalue weighted by atomic mass is 10.1. The van der Waals surface area contributed by atoms with Gasteiger partial charge in [-0.05, 0) is 23.8 Å². The molecular formula is C18H20F3N2O+. The highest BCUT2D eigenvalue weighted by Crippen LogP contribution is 2.29. The van der Waals surface area contributed by atoms with Crippen molar-refractivity contribution in [3.63, 3.8) is 0 Å². The van der Waals surface area contributed by atoms with Crippen molar-refractivity contribution >= 4 is 5.91 Å². The molecule has 2 rings (SSSR count). The van der Waals surface area contributed by atoms with Crippen LogP contribution in [0, 0.1) is 0 Å². The number of hydrogen-bond donors (Lipinski definition) is 2. The molecule has 1 amide bonds. The normalized spacial score (nSPS) is 11.6. The Balaban J connectivity index is 2.09. The maximum Gasteiger partial charge on any atom is 0.416 e. The fraction of sp³-hybridized carbons (Fsp3) is 0.278. The van der Waals surface area contributed by atoms with Crippen LogP contribution in [-0.4, -0.2) is 20.0 Å². The third-order valence-electron chi connectivity index (χ3n) is 3.55. The summed E-state index contributed by atoms with van der Waals surface area (Å²) in [4.78, 5) is 13.4. The minimum absolute atomic E-state index is 0.000501. The van der Waals surface area contributed by atoms with E-state index in [-0.39, 0.29) is 12.1 Å². The summed E-state index contributed by atoms with van der Waals surface area (Å²) in [6.07, 6.45) is -4.46. The SMILES string of the molecule is C[NH+](C)Cc1ccccc1CNC(=O)c1cccc(C(F)(F)F)c1. The second-order valence-corrected chi connectivity index (χ2v) is 5.91. The van der Waals surface area contributed by atoms with Crippen LogP contribution in [0.4, 0.5) is 13.2 Å². The summed E-state index contributed by atoms with van der Waals surface area (Å²) in [5, 5.41) is 2.69. The van der Waals surface area contributed by atoms with Crippen LogP contribution in [0.1, 0.15) is 27.0 Å². The van der Waals surface area contributed by atoms with Gasteiger partial charge in [0.1, 0.15) is 6.54 Å². The van der Waals surface area contributed by atoms with E-state index in [9.17, 15) is 18.0 Å². The van der Waals surface area contributed by atoms with Crippen molar-refractivity contribution in [3.05, 3.63) is 70.8 Å². The molecule has 0 heterocycles. The summed E-state index contributed by atoms with van der Waals surface area (Å²) in [5.74, 6) is -0.520. The number of hydrogen-bond acceptors (Lipinski definition) is 1. The lowest BCUT2D eigenvalue weighted by Crippen LogP contribution is -3.04. The van der Waals surface area contributed by atoms with Crippen molar-refractivity contribution in [2.24, 2.45) is 0 Å². The Labute approximate surface area is 139 Å². The van der Waals surface area contributed by atoms with Gasteiger partial charge in [-0.2, -0.15) is 13.2 Å². The number of carbonyl (C=O) groups excluding carboxylic acids is 1. The predicted octanol–water partition coefficient (Wildman–Crippen LogP) is 2.28. The number of nitrogens with one attached hydrogen (secondary N) is 2. The Hall–Kier alpha value is -2.34. The molecule has 0 aromatic heterocycles. The Morgan fingerprint density at radius 3 is 2.33 bits per heavy atom. The molecule has 0 aliphatic heterocycles. The maximum atomic E-state index is 12.7. The van der Waals surface area contributed by atoms with Gasteiger partial charge in [0.25, 0.3) is 5.91 Å². The predicted molar refractivity (Wildman–Crippen MR) is 85.6 cm³/mol. The number of halogens is 3. The van der Waals surface area contributed by atoms with E-state index in [1.54, 1.807) is 0 Å². The van der Waals surface area contributed by atoms with Gasteiger partial charge in [-0.3, -0.25) is 4.79 Å². The number of amides is 1. The van der Waals surface area contributed by atoms with Gasteiger partial charge in [0, 0.05) is 17.7 Å². The van der Waals surface area contributed by atoms with E-state index < -0.39 is 17.6 Å². The van der Waals surface area contributed by atoms with E-state index in [4.69, 9.17) is 0 Å². The largest absolute Gasteiger partial charge is 0.416 e. The van der Waals surface area contributed by atoms with Crippen LogP contribution in [0.3, 0.4) is 0 Å². The highest BCUT2D eigenvalue weighted by molar-refractivity contribution is 5.94. The van der Waals surface area contributed by atoms with Crippen molar-refractivity contribution in [2.45, 2.75) is 19.3 Å². The fourth-order valence-corrected chi connectivity index (χ4v) is 2.40. The zero-order valence-corrected chi connectivity index (χ0v) is 13.6. The topological polar surface area (TPSA) is 33.5 Å². The van der Waals surface area contributed by atoms with E-state index in [2.05, 4.69) is 5.32 Å². The number of quaternary nitrogens is 1. The van der Waals surface area contributed by atoms with E-state index in [1.807, 2.05) is 38.4 Å². The first-order valence-electron chi connectivity index (χ1n) is 7.58. The van der Waals surface area contributed by atoms with Crippen LogP contribution >= 0.6 is 0 Å². The van der Waals surface area contributed by atoms with Gasteiger partial charge < -0.3 is 10.2 Å². The van der Waals surface area contributed by atoms with E-state index >= 15 is 0 Å². The second kappa shape index (κ2) is 7.49. The van der Waals surface area contributed by atoms with Crippen LogP contribution in [0.25, 0.3) is 0 Å². The molecule has 0 aliphatic rings. The van der Waals surface area contributed by atoms with E-state index in [1.165, 1.54) is 17.0 Å².